The highest BCUT2D eigenvalue weighted by atomic mass is 16.5. The Bertz CT molecular complexity index is 653. The fourth-order valence-corrected chi connectivity index (χ4v) is 5.72. The standard InChI is InChI=1S/C37H71NO5/c1-4-7-10-13-16-18-20-23-26-29-33(28-25-22-15-12-9-6-3)43-37(42)34(31-32-36(40)41)38-35(39)30-27-24-21-19-17-14-11-8-5-2/h33-34H,4-32H2,1-3H3,(H,38,39)(H,40,41)/t33?,34-/m0/s1. The SMILES string of the molecule is CCCCCCCCCCCC(=O)N[C@@H](CCC(=O)O)C(=O)OC(CCCCCCCC)CCCCCCCCCCC. The first kappa shape index (κ1) is 41.4. The molecule has 0 saturated heterocycles. The molecule has 0 aromatic carbocycles. The molecule has 0 aliphatic rings. The topological polar surface area (TPSA) is 92.7 Å². The molecule has 0 aromatic rings. The molecule has 0 aromatic heterocycles. The first-order valence-electron chi connectivity index (χ1n) is 18.7. The van der Waals surface area contributed by atoms with Gasteiger partial charge in [-0.3, -0.25) is 9.59 Å². The molecule has 1 unspecified atom stereocenters. The first-order chi connectivity index (χ1) is 20.9. The van der Waals surface area contributed by atoms with Crippen LogP contribution in [0.2, 0.25) is 0 Å². The van der Waals surface area contributed by atoms with Gasteiger partial charge >= 0.3 is 11.9 Å². The number of rotatable bonds is 33. The molecule has 0 fully saturated rings. The monoisotopic (exact) mass is 610 g/mol. The van der Waals surface area contributed by atoms with Gasteiger partial charge in [0.2, 0.25) is 5.91 Å². The number of nitrogens with one attached hydrogen (secondary N) is 1. The van der Waals surface area contributed by atoms with Gasteiger partial charge in [0.25, 0.3) is 0 Å². The van der Waals surface area contributed by atoms with E-state index >= 15 is 0 Å². The van der Waals surface area contributed by atoms with Crippen LogP contribution in [0.4, 0.5) is 0 Å². The van der Waals surface area contributed by atoms with Gasteiger partial charge in [-0.05, 0) is 38.5 Å². The molecule has 43 heavy (non-hydrogen) atoms. The van der Waals surface area contributed by atoms with Crippen LogP contribution in [0.15, 0.2) is 0 Å². The van der Waals surface area contributed by atoms with Gasteiger partial charge in [0.05, 0.1) is 0 Å². The van der Waals surface area contributed by atoms with Gasteiger partial charge in [0.1, 0.15) is 12.1 Å². The largest absolute Gasteiger partial charge is 0.481 e. The second kappa shape index (κ2) is 31.8. The van der Waals surface area contributed by atoms with Crippen LogP contribution in [0.5, 0.6) is 0 Å². The van der Waals surface area contributed by atoms with Gasteiger partial charge in [-0.25, -0.2) is 4.79 Å². The summed E-state index contributed by atoms with van der Waals surface area (Å²) in [6.07, 6.45) is 30.7. The maximum absolute atomic E-state index is 13.2. The van der Waals surface area contributed by atoms with Crippen molar-refractivity contribution in [1.82, 2.24) is 5.32 Å². The molecule has 0 radical (unpaired) electrons. The maximum atomic E-state index is 13.2. The summed E-state index contributed by atoms with van der Waals surface area (Å²) in [5.74, 6) is -1.61. The van der Waals surface area contributed by atoms with E-state index in [4.69, 9.17) is 4.74 Å². The molecule has 0 spiro atoms. The van der Waals surface area contributed by atoms with Gasteiger partial charge in [0.15, 0.2) is 0 Å². The highest BCUT2D eigenvalue weighted by molar-refractivity contribution is 5.85. The van der Waals surface area contributed by atoms with Crippen molar-refractivity contribution in [3.63, 3.8) is 0 Å². The third kappa shape index (κ3) is 28.9. The Labute approximate surface area is 266 Å². The molecule has 0 aliphatic heterocycles. The average molecular weight is 610 g/mol. The van der Waals surface area contributed by atoms with Gasteiger partial charge in [0, 0.05) is 12.8 Å². The Morgan fingerprint density at radius 2 is 0.884 bits per heavy atom. The normalized spacial score (nSPS) is 12.6. The fourth-order valence-electron chi connectivity index (χ4n) is 5.72. The number of carboxylic acids is 1. The number of ether oxygens (including phenoxy) is 1. The lowest BCUT2D eigenvalue weighted by molar-refractivity contribution is -0.154. The molecule has 0 rings (SSSR count). The van der Waals surface area contributed by atoms with E-state index in [2.05, 4.69) is 26.1 Å². The van der Waals surface area contributed by atoms with Crippen molar-refractivity contribution in [1.29, 1.82) is 0 Å². The molecular weight excluding hydrogens is 538 g/mol. The van der Waals surface area contributed by atoms with E-state index in [1.165, 1.54) is 109 Å². The molecule has 0 aliphatic carbocycles. The highest BCUT2D eigenvalue weighted by Crippen LogP contribution is 2.19. The van der Waals surface area contributed by atoms with E-state index < -0.39 is 18.0 Å². The van der Waals surface area contributed by atoms with Crippen LogP contribution < -0.4 is 5.32 Å². The molecule has 6 nitrogen and oxygen atoms in total. The Morgan fingerprint density at radius 3 is 1.28 bits per heavy atom. The van der Waals surface area contributed by atoms with Gasteiger partial charge < -0.3 is 15.2 Å². The van der Waals surface area contributed by atoms with Gasteiger partial charge in [-0.15, -0.1) is 0 Å². The smallest absolute Gasteiger partial charge is 0.328 e. The van der Waals surface area contributed by atoms with Crippen molar-refractivity contribution >= 4 is 17.8 Å². The third-order valence-corrected chi connectivity index (χ3v) is 8.57. The van der Waals surface area contributed by atoms with E-state index in [1.54, 1.807) is 0 Å². The molecule has 1 amide bonds. The van der Waals surface area contributed by atoms with Crippen molar-refractivity contribution < 1.29 is 24.2 Å². The van der Waals surface area contributed by atoms with Crippen LogP contribution in [0.1, 0.15) is 207 Å². The summed E-state index contributed by atoms with van der Waals surface area (Å²) in [4.78, 5) is 37.2. The van der Waals surface area contributed by atoms with Crippen molar-refractivity contribution in [2.45, 2.75) is 219 Å². The molecule has 6 heteroatoms. The van der Waals surface area contributed by atoms with Crippen LogP contribution in [0.3, 0.4) is 0 Å². The zero-order valence-corrected chi connectivity index (χ0v) is 28.7. The van der Waals surface area contributed by atoms with Crippen LogP contribution >= 0.6 is 0 Å². The number of carboxylic acid groups (broad SMARTS) is 1. The quantitative estimate of drug-likeness (QED) is 0.0570. The number of hydrogen-bond acceptors (Lipinski definition) is 4. The van der Waals surface area contributed by atoms with E-state index in [1.807, 2.05) is 0 Å². The zero-order valence-electron chi connectivity index (χ0n) is 28.7. The van der Waals surface area contributed by atoms with Crippen molar-refractivity contribution in [3.05, 3.63) is 0 Å². The molecule has 0 heterocycles. The molecule has 2 atom stereocenters. The summed E-state index contributed by atoms with van der Waals surface area (Å²) in [5, 5.41) is 12.1. The number of hydrogen-bond donors (Lipinski definition) is 2. The minimum Gasteiger partial charge on any atom is -0.481 e. The fraction of sp³-hybridized carbons (Fsp3) is 0.919. The summed E-state index contributed by atoms with van der Waals surface area (Å²) in [6, 6.07) is -0.891. The van der Waals surface area contributed by atoms with Crippen molar-refractivity contribution in [2.24, 2.45) is 0 Å². The van der Waals surface area contributed by atoms with E-state index in [9.17, 15) is 19.5 Å². The molecule has 254 valence electrons. The number of carbonyl (C=O) groups is 3. The van der Waals surface area contributed by atoms with Crippen molar-refractivity contribution in [2.75, 3.05) is 0 Å². The van der Waals surface area contributed by atoms with E-state index in [0.29, 0.717) is 6.42 Å². The van der Waals surface area contributed by atoms with Crippen LogP contribution in [0, 0.1) is 0 Å². The summed E-state index contributed by atoms with van der Waals surface area (Å²) >= 11 is 0. The minimum atomic E-state index is -0.968. The van der Waals surface area contributed by atoms with E-state index in [0.717, 1.165) is 57.8 Å². The van der Waals surface area contributed by atoms with Gasteiger partial charge in [-0.1, -0.05) is 156 Å². The Morgan fingerprint density at radius 1 is 0.512 bits per heavy atom. The van der Waals surface area contributed by atoms with E-state index in [-0.39, 0.29) is 24.9 Å². The van der Waals surface area contributed by atoms with Crippen LogP contribution in [-0.2, 0) is 19.1 Å². The van der Waals surface area contributed by atoms with Crippen molar-refractivity contribution in [3.8, 4) is 0 Å². The number of carbonyl (C=O) groups excluding carboxylic acids is 2. The Hall–Kier alpha value is -1.59. The second-order valence-corrected chi connectivity index (χ2v) is 12.9. The lowest BCUT2D eigenvalue weighted by atomic mass is 10.0. The van der Waals surface area contributed by atoms with Gasteiger partial charge in [-0.2, -0.15) is 0 Å². The van der Waals surface area contributed by atoms with Crippen LogP contribution in [-0.4, -0.2) is 35.1 Å². The Kier molecular flexibility index (Phi) is 30.6. The molecule has 0 saturated carbocycles. The highest BCUT2D eigenvalue weighted by Gasteiger charge is 2.26. The minimum absolute atomic E-state index is 0.0689. The summed E-state index contributed by atoms with van der Waals surface area (Å²) < 4.78 is 6.00. The summed E-state index contributed by atoms with van der Waals surface area (Å²) in [6.45, 7) is 6.69. The molecular formula is C37H71NO5. The summed E-state index contributed by atoms with van der Waals surface area (Å²) in [5.41, 5.74) is 0. The Balaban J connectivity index is 4.73. The number of amides is 1. The number of esters is 1. The molecule has 2 N–H and O–H groups in total. The summed E-state index contributed by atoms with van der Waals surface area (Å²) in [7, 11) is 0. The molecule has 0 bridgehead atoms. The second-order valence-electron chi connectivity index (χ2n) is 12.9. The first-order valence-corrected chi connectivity index (χ1v) is 18.7. The predicted octanol–water partition coefficient (Wildman–Crippen LogP) is 10.8. The maximum Gasteiger partial charge on any atom is 0.328 e. The lowest BCUT2D eigenvalue weighted by Gasteiger charge is -2.23. The predicted molar refractivity (Wildman–Crippen MR) is 180 cm³/mol. The van der Waals surface area contributed by atoms with Crippen LogP contribution in [0.25, 0.3) is 0 Å². The lowest BCUT2D eigenvalue weighted by Crippen LogP contribution is -2.43. The zero-order chi connectivity index (χ0) is 31.8. The number of aliphatic carboxylic acids is 1. The third-order valence-electron chi connectivity index (χ3n) is 8.57. The number of unbranched alkanes of at least 4 members (excludes halogenated alkanes) is 21. The average Bonchev–Trinajstić information content (AvgIpc) is 2.98.